The van der Waals surface area contributed by atoms with Crippen molar-refractivity contribution in [1.82, 2.24) is 0 Å². The summed E-state index contributed by atoms with van der Waals surface area (Å²) in [7, 11) is 0. The summed E-state index contributed by atoms with van der Waals surface area (Å²) in [6.07, 6.45) is 3.84. The van der Waals surface area contributed by atoms with Crippen molar-refractivity contribution in [3.05, 3.63) is 52.5 Å². The van der Waals surface area contributed by atoms with Gasteiger partial charge in [0.25, 0.3) is 0 Å². The summed E-state index contributed by atoms with van der Waals surface area (Å²) in [4.78, 5) is 0. The quantitative estimate of drug-likeness (QED) is 0.632. The Kier molecular flexibility index (Phi) is 3.26. The van der Waals surface area contributed by atoms with Crippen molar-refractivity contribution >= 4 is 36.3 Å². The van der Waals surface area contributed by atoms with E-state index in [1.165, 1.54) is 10.5 Å². The summed E-state index contributed by atoms with van der Waals surface area (Å²) < 4.78 is 2.34. The molecule has 0 saturated heterocycles. The number of hydrogen-bond acceptors (Lipinski definition) is 3. The average molecular weight is 331 g/mol. The van der Waals surface area contributed by atoms with Crippen LogP contribution in [-0.2, 0) is 0 Å². The minimum absolute atomic E-state index is 0.0452. The Bertz CT molecular complexity index is 782. The molecule has 0 aliphatic carbocycles. The van der Waals surface area contributed by atoms with Crippen LogP contribution in [0.3, 0.4) is 0 Å². The molecule has 0 saturated carbocycles. The molecule has 0 bridgehead atoms. The van der Waals surface area contributed by atoms with Crippen LogP contribution in [-0.4, -0.2) is 29.8 Å². The van der Waals surface area contributed by atoms with Gasteiger partial charge < -0.3 is 0 Å². The maximum absolute atomic E-state index is 9.46. The molecule has 20 heavy (non-hydrogen) atoms. The van der Waals surface area contributed by atoms with E-state index in [-0.39, 0.29) is 26.0 Å². The van der Waals surface area contributed by atoms with Crippen molar-refractivity contribution in [3.8, 4) is 17.2 Å². The van der Waals surface area contributed by atoms with Crippen molar-refractivity contribution in [3.63, 3.8) is 0 Å². The van der Waals surface area contributed by atoms with Gasteiger partial charge in [-0.15, -0.1) is 0 Å². The number of fused-ring (bicyclic) bond motifs is 1. The number of phenolic OH excluding ortho intramolecular Hbond substituents is 3. The third kappa shape index (κ3) is 2.72. The predicted molar refractivity (Wildman–Crippen MR) is 81.3 cm³/mol. The van der Waals surface area contributed by atoms with E-state index in [1.54, 1.807) is 24.3 Å². The average Bonchev–Trinajstić information content (AvgIpc) is 2.77. The molecular formula is C16H12O3Se. The van der Waals surface area contributed by atoms with E-state index in [9.17, 15) is 15.3 Å². The Morgan fingerprint density at radius 1 is 0.750 bits per heavy atom. The molecule has 0 aliphatic heterocycles. The molecule has 0 unspecified atom stereocenters. The molecule has 3 aromatic rings. The summed E-state index contributed by atoms with van der Waals surface area (Å²) in [5.74, 6) is 0.384. The van der Waals surface area contributed by atoms with Gasteiger partial charge in [-0.3, -0.25) is 0 Å². The molecule has 0 fully saturated rings. The molecule has 3 rings (SSSR count). The molecule has 0 amide bonds. The molecule has 0 radical (unpaired) electrons. The van der Waals surface area contributed by atoms with E-state index in [4.69, 9.17) is 0 Å². The van der Waals surface area contributed by atoms with Crippen LogP contribution in [0.15, 0.2) is 42.5 Å². The van der Waals surface area contributed by atoms with Crippen molar-refractivity contribution < 1.29 is 15.3 Å². The number of hydrogen-bond donors (Lipinski definition) is 3. The van der Waals surface area contributed by atoms with Gasteiger partial charge >= 0.3 is 121 Å². The third-order valence-corrected chi connectivity index (χ3v) is 5.12. The normalized spacial score (nSPS) is 11.4. The van der Waals surface area contributed by atoms with Crippen LogP contribution in [0, 0.1) is 0 Å². The summed E-state index contributed by atoms with van der Waals surface area (Å²) in [6, 6.07) is 12.0. The number of phenols is 3. The fourth-order valence-corrected chi connectivity index (χ4v) is 4.11. The predicted octanol–water partition coefficient (Wildman–Crippen LogP) is 3.18. The minimum atomic E-state index is 0.0452. The summed E-state index contributed by atoms with van der Waals surface area (Å²) in [6.45, 7) is 0. The first-order valence-corrected chi connectivity index (χ1v) is 7.75. The van der Waals surface area contributed by atoms with Crippen molar-refractivity contribution in [2.45, 2.75) is 0 Å². The van der Waals surface area contributed by atoms with Gasteiger partial charge in [0.1, 0.15) is 0 Å². The van der Waals surface area contributed by atoms with Crippen LogP contribution in [0.4, 0.5) is 0 Å². The second-order valence-corrected chi connectivity index (χ2v) is 6.83. The van der Waals surface area contributed by atoms with E-state index in [0.29, 0.717) is 5.75 Å². The second kappa shape index (κ2) is 5.08. The van der Waals surface area contributed by atoms with Crippen LogP contribution in [0.25, 0.3) is 21.8 Å². The number of benzene rings is 2. The Labute approximate surface area is 121 Å². The van der Waals surface area contributed by atoms with Gasteiger partial charge in [0.2, 0.25) is 0 Å². The molecule has 0 atom stereocenters. The van der Waals surface area contributed by atoms with Crippen LogP contribution >= 0.6 is 0 Å². The molecule has 4 heteroatoms. The topological polar surface area (TPSA) is 60.7 Å². The summed E-state index contributed by atoms with van der Waals surface area (Å²) >= 11 is 0.170. The van der Waals surface area contributed by atoms with Crippen molar-refractivity contribution in [2.75, 3.05) is 0 Å². The molecule has 100 valence electrons. The zero-order valence-corrected chi connectivity index (χ0v) is 12.2. The van der Waals surface area contributed by atoms with Crippen LogP contribution < -0.4 is 0 Å². The monoisotopic (exact) mass is 332 g/mol. The third-order valence-electron chi connectivity index (χ3n) is 2.89. The van der Waals surface area contributed by atoms with Gasteiger partial charge in [0.05, 0.1) is 0 Å². The molecule has 1 heterocycles. The molecule has 0 aliphatic rings. The van der Waals surface area contributed by atoms with Crippen molar-refractivity contribution in [2.24, 2.45) is 0 Å². The van der Waals surface area contributed by atoms with Gasteiger partial charge in [-0.2, -0.15) is 0 Å². The molecule has 2 aromatic carbocycles. The van der Waals surface area contributed by atoms with Gasteiger partial charge in [-0.05, 0) is 0 Å². The Balaban J connectivity index is 1.93. The van der Waals surface area contributed by atoms with Gasteiger partial charge in [-0.25, -0.2) is 0 Å². The number of rotatable bonds is 2. The fraction of sp³-hybridized carbons (Fsp3) is 0. The van der Waals surface area contributed by atoms with Crippen LogP contribution in [0.1, 0.15) is 10.0 Å². The van der Waals surface area contributed by atoms with Gasteiger partial charge in [-0.1, -0.05) is 0 Å². The molecule has 3 nitrogen and oxygen atoms in total. The molecule has 1 aromatic heterocycles. The first kappa shape index (κ1) is 12.9. The molecular weight excluding hydrogens is 319 g/mol. The first-order valence-electron chi connectivity index (χ1n) is 6.04. The Morgan fingerprint density at radius 2 is 1.50 bits per heavy atom. The summed E-state index contributed by atoms with van der Waals surface area (Å²) in [5, 5.41) is 29.5. The summed E-state index contributed by atoms with van der Waals surface area (Å²) in [5.41, 5.74) is 0.748. The SMILES string of the molecule is Oc1cc(O)cc(/C=C/c2cc3ccc(O)cc3[se]2)c1. The van der Waals surface area contributed by atoms with Gasteiger partial charge in [0, 0.05) is 0 Å². The van der Waals surface area contributed by atoms with Crippen molar-refractivity contribution in [1.29, 1.82) is 0 Å². The van der Waals surface area contributed by atoms with Gasteiger partial charge in [0.15, 0.2) is 0 Å². The molecule has 0 spiro atoms. The molecule has 3 N–H and O–H groups in total. The van der Waals surface area contributed by atoms with E-state index in [1.807, 2.05) is 18.2 Å². The van der Waals surface area contributed by atoms with E-state index < -0.39 is 0 Å². The second-order valence-electron chi connectivity index (χ2n) is 4.49. The zero-order chi connectivity index (χ0) is 14.1. The van der Waals surface area contributed by atoms with E-state index >= 15 is 0 Å². The fourth-order valence-electron chi connectivity index (χ4n) is 2.02. The van der Waals surface area contributed by atoms with E-state index in [2.05, 4.69) is 6.07 Å². The Morgan fingerprint density at radius 3 is 2.25 bits per heavy atom. The maximum atomic E-state index is 9.46. The van der Waals surface area contributed by atoms with Crippen LogP contribution in [0.2, 0.25) is 0 Å². The number of aromatic hydroxyl groups is 3. The Hall–Kier alpha value is -2.16. The zero-order valence-electron chi connectivity index (χ0n) is 10.4. The van der Waals surface area contributed by atoms with Crippen LogP contribution in [0.5, 0.6) is 17.2 Å². The standard InChI is InChI=1S/C16H12O3Se/c17-12-3-2-11-7-15(20-16(11)9-12)4-1-10-5-13(18)8-14(19)6-10/h1-9,17-19H/b4-1+. The van der Waals surface area contributed by atoms with E-state index in [0.717, 1.165) is 15.2 Å². The first-order chi connectivity index (χ1) is 9.60.